The Bertz CT molecular complexity index is 655. The molecule has 0 spiro atoms. The van der Waals surface area contributed by atoms with Gasteiger partial charge in [0, 0.05) is 0 Å². The average Bonchev–Trinajstić information content (AvgIpc) is 3.01. The third-order valence-corrected chi connectivity index (χ3v) is 3.93. The van der Waals surface area contributed by atoms with Gasteiger partial charge in [0.05, 0.1) is 20.8 Å². The molecule has 0 radical (unpaired) electrons. The summed E-state index contributed by atoms with van der Waals surface area (Å²) < 4.78 is 19.9. The molecule has 1 fully saturated rings. The molecule has 1 amide bonds. The van der Waals surface area contributed by atoms with Crippen LogP contribution in [0.5, 0.6) is 0 Å². The number of carbonyl (C=O) groups excluding carboxylic acids is 1. The van der Waals surface area contributed by atoms with Gasteiger partial charge in [0.2, 0.25) is 0 Å². The van der Waals surface area contributed by atoms with Crippen molar-refractivity contribution in [3.05, 3.63) is 0 Å². The Morgan fingerprint density at radius 1 is 1.32 bits per heavy atom. The van der Waals surface area contributed by atoms with Gasteiger partial charge in [-0.1, -0.05) is 0 Å². The Morgan fingerprint density at radius 3 is 2.64 bits per heavy atom. The van der Waals surface area contributed by atoms with E-state index in [0.29, 0.717) is 0 Å². The van der Waals surface area contributed by atoms with Crippen molar-refractivity contribution in [3.8, 4) is 0 Å². The topological polar surface area (TPSA) is 180 Å². The summed E-state index contributed by atoms with van der Waals surface area (Å²) in [6.07, 6.45) is -3.18. The van der Waals surface area contributed by atoms with Crippen molar-refractivity contribution in [3.63, 3.8) is 0 Å². The maximum Gasteiger partial charge on any atom is 1.00 e. The number of aliphatic hydroxyl groups excluding tert-OH is 2. The Morgan fingerprint density at radius 2 is 2.00 bits per heavy atom. The van der Waals surface area contributed by atoms with Crippen molar-refractivity contribution in [2.75, 3.05) is 6.61 Å². The Balaban J connectivity index is 0.00000156. The first kappa shape index (κ1) is 23.5. The van der Waals surface area contributed by atoms with E-state index in [1.165, 1.54) is 11.2 Å². The van der Waals surface area contributed by atoms with Crippen LogP contribution in [0.25, 0.3) is 0 Å². The molecule has 1 unspecified atom stereocenters. The molecule has 3 aliphatic rings. The van der Waals surface area contributed by atoms with Gasteiger partial charge >= 0.3 is 59.1 Å². The van der Waals surface area contributed by atoms with Gasteiger partial charge in [-0.2, -0.15) is 4.99 Å². The molecule has 0 saturated carbocycles. The minimum absolute atomic E-state index is 0. The van der Waals surface area contributed by atoms with Crippen molar-refractivity contribution in [2.45, 2.75) is 30.6 Å². The van der Waals surface area contributed by atoms with Crippen LogP contribution in [0.3, 0.4) is 0 Å². The monoisotopic (exact) mass is 392 g/mol. The van der Waals surface area contributed by atoms with E-state index in [-0.39, 0.29) is 65.0 Å². The van der Waals surface area contributed by atoms with Crippen molar-refractivity contribution >= 4 is 32.2 Å². The first-order valence-corrected chi connectivity index (χ1v) is 7.88. The minimum atomic E-state index is -5.24. The number of fused-ring (bicyclic) bond motifs is 1. The number of phosphoric ester groups is 1. The summed E-state index contributed by atoms with van der Waals surface area (Å²) in [7, 11) is -5.24. The molecule has 12 nitrogen and oxygen atoms in total. The number of aliphatic imine (C=N–C) groups is 3. The maximum atomic E-state index is 11.6. The standard InChI is InChI=1S/C10H13N4O8P.2Na/c15-6-4(1-21-23(18,19)20)22-10(7(6)16)14-3-13-5-8(14)11-2-12-9(5)17;;/h2-7,10,15-16H,1H2,(H2,18,19,20);;/q;2*+1/p-2/t4-,5?,6-,7-,10-;;/m1../s1. The summed E-state index contributed by atoms with van der Waals surface area (Å²) in [6.45, 7) is -0.750. The van der Waals surface area contributed by atoms with Gasteiger partial charge in [-0.3, -0.25) is 14.7 Å². The molecule has 3 rings (SSSR count). The number of phosphoric acid groups is 1. The molecule has 2 N–H and O–H groups in total. The van der Waals surface area contributed by atoms with E-state index in [2.05, 4.69) is 19.5 Å². The molecule has 1 saturated heterocycles. The number of aliphatic hydroxyl groups is 2. The van der Waals surface area contributed by atoms with E-state index in [1.54, 1.807) is 0 Å². The first-order valence-electron chi connectivity index (χ1n) is 6.42. The van der Waals surface area contributed by atoms with E-state index in [4.69, 9.17) is 4.74 Å². The van der Waals surface area contributed by atoms with Crippen molar-refractivity contribution < 1.29 is 97.7 Å². The van der Waals surface area contributed by atoms with E-state index in [9.17, 15) is 29.4 Å². The fourth-order valence-corrected chi connectivity index (χ4v) is 2.72. The predicted molar refractivity (Wildman–Crippen MR) is 69.3 cm³/mol. The maximum absolute atomic E-state index is 11.6. The largest absolute Gasteiger partial charge is 1.00 e. The molecule has 0 bridgehead atoms. The molecule has 126 valence electrons. The van der Waals surface area contributed by atoms with Gasteiger partial charge in [-0.15, -0.1) is 0 Å². The summed E-state index contributed by atoms with van der Waals surface area (Å²) in [5.74, 6) is -0.388. The Hall–Kier alpha value is 0.470. The van der Waals surface area contributed by atoms with E-state index in [1.807, 2.05) is 0 Å². The molecule has 15 heteroatoms. The molecule has 0 aromatic heterocycles. The smallest absolute Gasteiger partial charge is 0.790 e. The van der Waals surface area contributed by atoms with E-state index >= 15 is 0 Å². The third-order valence-electron chi connectivity index (χ3n) is 3.47. The van der Waals surface area contributed by atoms with Crippen LogP contribution in [0.4, 0.5) is 0 Å². The van der Waals surface area contributed by atoms with Crippen LogP contribution in [-0.4, -0.2) is 76.7 Å². The normalized spacial score (nSPS) is 33.6. The van der Waals surface area contributed by atoms with Crippen molar-refractivity contribution in [1.82, 2.24) is 4.90 Å². The SMILES string of the molecule is O=C1N=CN=C2C1N=CN2[C@@H]1O[C@H](COP(=O)([O-])[O-])[C@@H](O)[C@H]1O.[Na+].[Na+]. The Kier molecular flexibility index (Phi) is 8.56. The molecule has 0 aromatic carbocycles. The summed E-state index contributed by atoms with van der Waals surface area (Å²) in [5, 5.41) is 19.9. The fraction of sp³-hybridized carbons (Fsp3) is 0.600. The van der Waals surface area contributed by atoms with Gasteiger partial charge in [-0.05, 0) is 0 Å². The number of amides is 1. The van der Waals surface area contributed by atoms with Gasteiger partial charge < -0.3 is 33.8 Å². The summed E-state index contributed by atoms with van der Waals surface area (Å²) in [4.78, 5) is 45.0. The summed E-state index contributed by atoms with van der Waals surface area (Å²) in [5.41, 5.74) is 0. The second kappa shape index (κ2) is 9.11. The van der Waals surface area contributed by atoms with Crippen LogP contribution in [0, 0.1) is 0 Å². The van der Waals surface area contributed by atoms with E-state index in [0.717, 1.165) is 6.34 Å². The van der Waals surface area contributed by atoms with Crippen LogP contribution in [-0.2, 0) is 18.6 Å². The van der Waals surface area contributed by atoms with Gasteiger partial charge in [-0.25, -0.2) is 4.99 Å². The number of hydrogen-bond donors (Lipinski definition) is 2. The van der Waals surface area contributed by atoms with E-state index < -0.39 is 50.9 Å². The second-order valence-electron chi connectivity index (χ2n) is 4.93. The molecule has 3 aliphatic heterocycles. The van der Waals surface area contributed by atoms with Crippen molar-refractivity contribution in [1.29, 1.82) is 0 Å². The predicted octanol–water partition coefficient (Wildman–Crippen LogP) is -10.0. The van der Waals surface area contributed by atoms with Crippen molar-refractivity contribution in [2.24, 2.45) is 15.0 Å². The average molecular weight is 392 g/mol. The first-order chi connectivity index (χ1) is 10.8. The molecule has 0 aliphatic carbocycles. The zero-order chi connectivity index (χ0) is 16.8. The minimum Gasteiger partial charge on any atom is -0.790 e. The number of rotatable bonds is 4. The fourth-order valence-electron chi connectivity index (χ4n) is 2.39. The molecule has 0 aromatic rings. The van der Waals surface area contributed by atoms with Crippen LogP contribution in [0.1, 0.15) is 0 Å². The molecule has 5 atom stereocenters. The quantitative estimate of drug-likeness (QED) is 0.347. The number of nitrogens with zero attached hydrogens (tertiary/aromatic N) is 4. The van der Waals surface area contributed by atoms with Gasteiger partial charge in [0.1, 0.15) is 30.5 Å². The van der Waals surface area contributed by atoms with Crippen LogP contribution in [0.15, 0.2) is 15.0 Å². The van der Waals surface area contributed by atoms with Crippen LogP contribution >= 0.6 is 7.82 Å². The third kappa shape index (κ3) is 5.05. The zero-order valence-electron chi connectivity index (χ0n) is 13.3. The molecule has 3 heterocycles. The molecular formula is C10H11N4Na2O8P. The molecular weight excluding hydrogens is 381 g/mol. The second-order valence-corrected chi connectivity index (χ2v) is 6.09. The Labute approximate surface area is 185 Å². The van der Waals surface area contributed by atoms with Crippen LogP contribution in [0.2, 0.25) is 0 Å². The van der Waals surface area contributed by atoms with Gasteiger partial charge in [0.25, 0.3) is 5.91 Å². The van der Waals surface area contributed by atoms with Crippen LogP contribution < -0.4 is 68.9 Å². The van der Waals surface area contributed by atoms with Gasteiger partial charge in [0.15, 0.2) is 12.3 Å². The number of amidine groups is 1. The number of carbonyl (C=O) groups is 1. The number of ether oxygens (including phenoxy) is 1. The number of hydrogen-bond acceptors (Lipinski definition) is 11. The summed E-state index contributed by atoms with van der Waals surface area (Å²) >= 11 is 0. The molecule has 25 heavy (non-hydrogen) atoms. The summed E-state index contributed by atoms with van der Waals surface area (Å²) in [6, 6.07) is -0.952. The zero-order valence-corrected chi connectivity index (χ0v) is 18.2.